The van der Waals surface area contributed by atoms with E-state index in [0.717, 1.165) is 37.9 Å². The lowest BCUT2D eigenvalue weighted by Gasteiger charge is -2.24. The summed E-state index contributed by atoms with van der Waals surface area (Å²) in [6, 6.07) is 0. The van der Waals surface area contributed by atoms with Gasteiger partial charge in [0.05, 0.1) is 16.9 Å². The van der Waals surface area contributed by atoms with E-state index in [-0.39, 0.29) is 0 Å². The Balaban J connectivity index is 2.83. The molecule has 0 aliphatic carbocycles. The first kappa shape index (κ1) is 13.5. The van der Waals surface area contributed by atoms with Crippen LogP contribution < -0.4 is 0 Å². The van der Waals surface area contributed by atoms with Crippen molar-refractivity contribution in [2.75, 3.05) is 0 Å². The molecule has 3 nitrogen and oxygen atoms in total. The summed E-state index contributed by atoms with van der Waals surface area (Å²) in [4.78, 5) is 0. The van der Waals surface area contributed by atoms with Gasteiger partial charge in [-0.3, -0.25) is 4.68 Å². The molecule has 0 spiro atoms. The van der Waals surface area contributed by atoms with Crippen molar-refractivity contribution in [1.29, 1.82) is 0 Å². The van der Waals surface area contributed by atoms with Crippen molar-refractivity contribution in [1.82, 2.24) is 9.78 Å². The summed E-state index contributed by atoms with van der Waals surface area (Å²) < 4.78 is 1.77. The van der Waals surface area contributed by atoms with Gasteiger partial charge in [-0.1, -0.05) is 37.8 Å². The number of halogens is 1. The Morgan fingerprint density at radius 3 is 2.69 bits per heavy atom. The first-order valence-corrected chi connectivity index (χ1v) is 6.35. The van der Waals surface area contributed by atoms with Crippen LogP contribution in [0, 0.1) is 0 Å². The lowest BCUT2D eigenvalue weighted by Crippen LogP contribution is -2.25. The highest BCUT2D eigenvalue weighted by Gasteiger charge is 2.29. The van der Waals surface area contributed by atoms with Gasteiger partial charge in [-0.2, -0.15) is 5.10 Å². The molecule has 0 aliphatic rings. The van der Waals surface area contributed by atoms with E-state index >= 15 is 0 Å². The van der Waals surface area contributed by atoms with Crippen molar-refractivity contribution in [2.24, 2.45) is 0 Å². The van der Waals surface area contributed by atoms with Crippen LogP contribution in [0.3, 0.4) is 0 Å². The molecule has 0 saturated heterocycles. The van der Waals surface area contributed by atoms with Crippen molar-refractivity contribution < 1.29 is 5.11 Å². The van der Waals surface area contributed by atoms with Crippen LogP contribution >= 0.6 is 11.6 Å². The summed E-state index contributed by atoms with van der Waals surface area (Å²) in [5, 5.41) is 15.2. The first-order chi connectivity index (χ1) is 7.53. The molecule has 0 aromatic carbocycles. The fourth-order valence-electron chi connectivity index (χ4n) is 1.98. The molecule has 1 N–H and O–H groups in total. The monoisotopic (exact) mass is 244 g/mol. The second-order valence-electron chi connectivity index (χ2n) is 4.39. The topological polar surface area (TPSA) is 38.1 Å². The highest BCUT2D eigenvalue weighted by atomic mass is 35.5. The van der Waals surface area contributed by atoms with Crippen molar-refractivity contribution in [2.45, 2.75) is 58.6 Å². The van der Waals surface area contributed by atoms with Gasteiger partial charge in [0, 0.05) is 6.54 Å². The Bertz CT molecular complexity index is 334. The van der Waals surface area contributed by atoms with Crippen molar-refractivity contribution in [3.63, 3.8) is 0 Å². The van der Waals surface area contributed by atoms with Gasteiger partial charge in [0.15, 0.2) is 0 Å². The number of aryl methyl sites for hydroxylation is 1. The fourth-order valence-corrected chi connectivity index (χ4v) is 2.32. The van der Waals surface area contributed by atoms with Crippen LogP contribution in [0.25, 0.3) is 0 Å². The second kappa shape index (κ2) is 5.69. The number of hydrogen-bond donors (Lipinski definition) is 1. The van der Waals surface area contributed by atoms with E-state index in [9.17, 15) is 5.11 Å². The lowest BCUT2D eigenvalue weighted by molar-refractivity contribution is 0.0359. The van der Waals surface area contributed by atoms with E-state index in [1.807, 2.05) is 13.8 Å². The Morgan fingerprint density at radius 2 is 2.12 bits per heavy atom. The molecule has 0 saturated carbocycles. The molecule has 1 rings (SSSR count). The van der Waals surface area contributed by atoms with Crippen LogP contribution in [0.1, 0.15) is 52.1 Å². The fraction of sp³-hybridized carbons (Fsp3) is 0.750. The molecule has 92 valence electrons. The van der Waals surface area contributed by atoms with E-state index in [1.165, 1.54) is 0 Å². The van der Waals surface area contributed by atoms with Gasteiger partial charge < -0.3 is 5.11 Å². The molecule has 0 amide bonds. The van der Waals surface area contributed by atoms with E-state index in [1.54, 1.807) is 10.9 Å². The molecule has 0 radical (unpaired) electrons. The number of rotatable bonds is 6. The molecular formula is C12H21ClN2O. The maximum Gasteiger partial charge on any atom is 0.105 e. The van der Waals surface area contributed by atoms with Crippen LogP contribution in [0.4, 0.5) is 0 Å². The third kappa shape index (κ3) is 2.98. The zero-order chi connectivity index (χ0) is 12.2. The average molecular weight is 245 g/mol. The predicted octanol–water partition coefficient (Wildman–Crippen LogP) is 3.34. The van der Waals surface area contributed by atoms with Gasteiger partial charge in [0.2, 0.25) is 0 Å². The normalized spacial score (nSPS) is 15.1. The maximum atomic E-state index is 10.4. The van der Waals surface area contributed by atoms with Gasteiger partial charge in [-0.25, -0.2) is 0 Å². The number of aliphatic hydroxyl groups is 1. The molecule has 1 heterocycles. The van der Waals surface area contributed by atoms with Crippen LogP contribution in [-0.2, 0) is 12.1 Å². The standard InChI is InChI=1S/C12H21ClN2O/c1-4-6-7-8-12(3,16)11-10(13)9-14-15(11)5-2/h9,16H,4-8H2,1-3H3. The Labute approximate surface area is 102 Å². The van der Waals surface area contributed by atoms with Crippen LogP contribution in [0.5, 0.6) is 0 Å². The Hall–Kier alpha value is -0.540. The predicted molar refractivity (Wildman–Crippen MR) is 66.6 cm³/mol. The maximum absolute atomic E-state index is 10.4. The van der Waals surface area contributed by atoms with Gasteiger partial charge in [0.25, 0.3) is 0 Å². The summed E-state index contributed by atoms with van der Waals surface area (Å²) in [5.41, 5.74) is -0.133. The molecule has 0 aliphatic heterocycles. The summed E-state index contributed by atoms with van der Waals surface area (Å²) in [5.74, 6) is 0. The van der Waals surface area contributed by atoms with Crippen LogP contribution in [0.15, 0.2) is 6.20 Å². The van der Waals surface area contributed by atoms with Gasteiger partial charge >= 0.3 is 0 Å². The van der Waals surface area contributed by atoms with Crippen molar-refractivity contribution >= 4 is 11.6 Å². The van der Waals surface area contributed by atoms with Gasteiger partial charge in [-0.15, -0.1) is 0 Å². The number of nitrogens with zero attached hydrogens (tertiary/aromatic N) is 2. The highest BCUT2D eigenvalue weighted by Crippen LogP contribution is 2.32. The molecule has 1 atom stereocenters. The van der Waals surface area contributed by atoms with Gasteiger partial charge in [-0.05, 0) is 20.3 Å². The number of unbranched alkanes of at least 4 members (excludes halogenated alkanes) is 2. The minimum absolute atomic E-state index is 0.559. The minimum Gasteiger partial charge on any atom is -0.384 e. The Morgan fingerprint density at radius 1 is 1.44 bits per heavy atom. The zero-order valence-electron chi connectivity index (χ0n) is 10.3. The molecule has 0 bridgehead atoms. The third-order valence-electron chi connectivity index (χ3n) is 2.87. The second-order valence-corrected chi connectivity index (χ2v) is 4.80. The number of aromatic nitrogens is 2. The van der Waals surface area contributed by atoms with Crippen molar-refractivity contribution in [3.8, 4) is 0 Å². The zero-order valence-corrected chi connectivity index (χ0v) is 11.1. The first-order valence-electron chi connectivity index (χ1n) is 5.97. The molecule has 0 fully saturated rings. The van der Waals surface area contributed by atoms with E-state index in [2.05, 4.69) is 12.0 Å². The molecule has 1 aromatic rings. The molecule has 1 aromatic heterocycles. The molecule has 4 heteroatoms. The smallest absolute Gasteiger partial charge is 0.105 e. The molecule has 16 heavy (non-hydrogen) atoms. The molecule has 1 unspecified atom stereocenters. The van der Waals surface area contributed by atoms with E-state index in [4.69, 9.17) is 11.6 Å². The van der Waals surface area contributed by atoms with Crippen molar-refractivity contribution in [3.05, 3.63) is 16.9 Å². The summed E-state index contributed by atoms with van der Waals surface area (Å²) >= 11 is 6.08. The average Bonchev–Trinajstić information content (AvgIpc) is 2.60. The third-order valence-corrected chi connectivity index (χ3v) is 3.15. The summed E-state index contributed by atoms with van der Waals surface area (Å²) in [6.07, 6.45) is 5.63. The Kier molecular flexibility index (Phi) is 4.81. The number of hydrogen-bond acceptors (Lipinski definition) is 2. The largest absolute Gasteiger partial charge is 0.384 e. The molecular weight excluding hydrogens is 224 g/mol. The minimum atomic E-state index is -0.876. The lowest BCUT2D eigenvalue weighted by atomic mass is 9.94. The van der Waals surface area contributed by atoms with Crippen LogP contribution in [-0.4, -0.2) is 14.9 Å². The van der Waals surface area contributed by atoms with E-state index in [0.29, 0.717) is 5.02 Å². The summed E-state index contributed by atoms with van der Waals surface area (Å²) in [6.45, 7) is 6.69. The quantitative estimate of drug-likeness (QED) is 0.780. The van der Waals surface area contributed by atoms with E-state index < -0.39 is 5.60 Å². The van der Waals surface area contributed by atoms with Gasteiger partial charge in [0.1, 0.15) is 5.60 Å². The SMILES string of the molecule is CCCCCC(C)(O)c1c(Cl)cnn1CC. The van der Waals surface area contributed by atoms with Crippen LogP contribution in [0.2, 0.25) is 5.02 Å². The summed E-state index contributed by atoms with van der Waals surface area (Å²) in [7, 11) is 0. The highest BCUT2D eigenvalue weighted by molar-refractivity contribution is 6.31.